The summed E-state index contributed by atoms with van der Waals surface area (Å²) in [4.78, 5) is 22.0. The van der Waals surface area contributed by atoms with Crippen LogP contribution >= 0.6 is 0 Å². The van der Waals surface area contributed by atoms with Gasteiger partial charge in [0.15, 0.2) is 23.1 Å². The molecule has 0 radical (unpaired) electrons. The normalized spacial score (nSPS) is 14.3. The topological polar surface area (TPSA) is 91.7 Å². The first-order valence-corrected chi connectivity index (χ1v) is 10.4. The second-order valence-corrected chi connectivity index (χ2v) is 7.84. The van der Waals surface area contributed by atoms with Crippen molar-refractivity contribution in [2.75, 3.05) is 21.3 Å². The van der Waals surface area contributed by atoms with Gasteiger partial charge in [-0.05, 0) is 30.9 Å². The van der Waals surface area contributed by atoms with Gasteiger partial charge in [-0.15, -0.1) is 0 Å². The third-order valence-electron chi connectivity index (χ3n) is 5.70. The molecule has 1 aliphatic rings. The molecule has 2 aromatic heterocycles. The van der Waals surface area contributed by atoms with Crippen LogP contribution in [0.25, 0.3) is 27.6 Å². The van der Waals surface area contributed by atoms with Crippen molar-refractivity contribution in [2.45, 2.75) is 19.4 Å². The molecule has 172 valence electrons. The van der Waals surface area contributed by atoms with Crippen molar-refractivity contribution in [1.29, 1.82) is 0 Å². The lowest BCUT2D eigenvalue weighted by molar-refractivity contribution is 0.359. The molecule has 0 unspecified atom stereocenters. The average Bonchev–Trinajstić information content (AvgIpc) is 3.64. The van der Waals surface area contributed by atoms with Crippen LogP contribution in [-0.2, 0) is 6.54 Å². The third-order valence-corrected chi connectivity index (χ3v) is 5.70. The maximum Gasteiger partial charge on any atom is 0.259 e. The van der Waals surface area contributed by atoms with Crippen LogP contribution in [0.1, 0.15) is 18.5 Å². The van der Waals surface area contributed by atoms with E-state index in [-0.39, 0.29) is 17.1 Å². The zero-order valence-electron chi connectivity index (χ0n) is 18.6. The zero-order chi connectivity index (χ0) is 23.7. The fraction of sp³-hybridized carbons (Fsp3) is 0.292. The first-order valence-electron chi connectivity index (χ1n) is 10.4. The van der Waals surface area contributed by atoms with Crippen LogP contribution in [-0.4, -0.2) is 37.0 Å². The number of pyridine rings is 2. The highest BCUT2D eigenvalue weighted by molar-refractivity contribution is 6.09. The van der Waals surface area contributed by atoms with Gasteiger partial charge < -0.3 is 19.8 Å². The van der Waals surface area contributed by atoms with Crippen LogP contribution in [0, 0.1) is 17.6 Å². The lowest BCUT2D eigenvalue weighted by atomic mass is 10.0. The van der Waals surface area contributed by atoms with E-state index in [1.54, 1.807) is 30.1 Å². The minimum atomic E-state index is -0.970. The van der Waals surface area contributed by atoms with Gasteiger partial charge in [-0.2, -0.15) is 0 Å². The summed E-state index contributed by atoms with van der Waals surface area (Å²) >= 11 is 0. The zero-order valence-corrected chi connectivity index (χ0v) is 18.6. The minimum absolute atomic E-state index is 0.130. The first-order chi connectivity index (χ1) is 15.9. The third kappa shape index (κ3) is 4.06. The Morgan fingerprint density at radius 3 is 2.42 bits per heavy atom. The Morgan fingerprint density at radius 2 is 1.88 bits per heavy atom. The smallest absolute Gasteiger partial charge is 0.259 e. The van der Waals surface area contributed by atoms with E-state index in [1.165, 1.54) is 26.5 Å². The van der Waals surface area contributed by atoms with Crippen LogP contribution in [0.2, 0.25) is 0 Å². The minimum Gasteiger partial charge on any atom is -0.494 e. The Kier molecular flexibility index (Phi) is 6.13. The highest BCUT2D eigenvalue weighted by atomic mass is 19.1. The molecule has 0 aliphatic heterocycles. The molecule has 9 heteroatoms. The first kappa shape index (κ1) is 22.4. The second kappa shape index (κ2) is 9.01. The SMILES string of the molecule is CN=CC(=CN)c1cc2c(cn1)cc(-c1c(F)c(OC)cc(OC)c1F)c(=O)n2CC1CC1. The van der Waals surface area contributed by atoms with E-state index in [0.29, 0.717) is 34.6 Å². The number of halogens is 2. The van der Waals surface area contributed by atoms with Gasteiger partial charge in [0.1, 0.15) is 0 Å². The molecule has 33 heavy (non-hydrogen) atoms. The number of rotatable bonds is 7. The summed E-state index contributed by atoms with van der Waals surface area (Å²) in [5.74, 6) is -2.05. The number of aromatic nitrogens is 2. The Labute approximate surface area is 189 Å². The van der Waals surface area contributed by atoms with Gasteiger partial charge in [-0.1, -0.05) is 0 Å². The number of aliphatic imine (C=N–C) groups is 1. The summed E-state index contributed by atoms with van der Waals surface area (Å²) in [6, 6.07) is 4.29. The molecule has 1 aromatic carbocycles. The largest absolute Gasteiger partial charge is 0.494 e. The summed E-state index contributed by atoms with van der Waals surface area (Å²) < 4.78 is 42.0. The summed E-state index contributed by atoms with van der Waals surface area (Å²) in [5, 5.41) is 0.555. The van der Waals surface area contributed by atoms with E-state index < -0.39 is 22.8 Å². The van der Waals surface area contributed by atoms with Crippen molar-refractivity contribution in [3.05, 3.63) is 58.3 Å². The summed E-state index contributed by atoms with van der Waals surface area (Å²) in [6.07, 6.45) is 6.48. The molecule has 0 atom stereocenters. The molecular formula is C24H24F2N4O3. The summed E-state index contributed by atoms with van der Waals surface area (Å²) in [7, 11) is 4.14. The molecule has 2 N–H and O–H groups in total. The highest BCUT2D eigenvalue weighted by Crippen LogP contribution is 2.38. The van der Waals surface area contributed by atoms with Gasteiger partial charge in [0.05, 0.1) is 36.6 Å². The highest BCUT2D eigenvalue weighted by Gasteiger charge is 2.27. The van der Waals surface area contributed by atoms with Crippen LogP contribution in [0.15, 0.2) is 40.4 Å². The maximum atomic E-state index is 15.2. The van der Waals surface area contributed by atoms with E-state index in [1.807, 2.05) is 0 Å². The number of ether oxygens (including phenoxy) is 2. The number of nitrogens with two attached hydrogens (primary N) is 1. The van der Waals surface area contributed by atoms with E-state index in [9.17, 15) is 4.79 Å². The van der Waals surface area contributed by atoms with Gasteiger partial charge in [-0.3, -0.25) is 14.8 Å². The molecule has 3 aromatic rings. The standard InChI is InChI=1S/C24H24F2N4O3/c1-28-10-15(9-27)17-7-18-14(11-29-17)6-16(24(31)30(18)12-13-4-5-13)21-22(25)19(32-2)8-20(33-3)23(21)26/h6-11,13H,4-5,12,27H2,1-3H3. The molecule has 0 amide bonds. The number of methoxy groups -OCH3 is 2. The van der Waals surface area contributed by atoms with Crippen molar-refractivity contribution in [1.82, 2.24) is 9.55 Å². The molecule has 0 bridgehead atoms. The predicted molar refractivity (Wildman–Crippen MR) is 124 cm³/mol. The van der Waals surface area contributed by atoms with Crippen LogP contribution < -0.4 is 20.8 Å². The van der Waals surface area contributed by atoms with Crippen molar-refractivity contribution in [2.24, 2.45) is 16.6 Å². The van der Waals surface area contributed by atoms with Crippen LogP contribution in [0.4, 0.5) is 8.78 Å². The number of hydrogen-bond acceptors (Lipinski definition) is 6. The monoisotopic (exact) mass is 454 g/mol. The molecule has 1 aliphatic carbocycles. The van der Waals surface area contributed by atoms with Crippen molar-refractivity contribution in [3.63, 3.8) is 0 Å². The van der Waals surface area contributed by atoms with Crippen molar-refractivity contribution >= 4 is 22.7 Å². The van der Waals surface area contributed by atoms with Gasteiger partial charge in [0.25, 0.3) is 5.56 Å². The lowest BCUT2D eigenvalue weighted by Gasteiger charge is -2.16. The maximum absolute atomic E-state index is 15.2. The Bertz CT molecular complexity index is 1320. The lowest BCUT2D eigenvalue weighted by Crippen LogP contribution is -2.24. The fourth-order valence-electron chi connectivity index (χ4n) is 3.80. The average molecular weight is 454 g/mol. The van der Waals surface area contributed by atoms with E-state index in [4.69, 9.17) is 15.2 Å². The summed E-state index contributed by atoms with van der Waals surface area (Å²) in [5.41, 5.74) is 6.30. The Hall–Kier alpha value is -3.75. The van der Waals surface area contributed by atoms with Gasteiger partial charge in [0.2, 0.25) is 0 Å². The second-order valence-electron chi connectivity index (χ2n) is 7.84. The predicted octanol–water partition coefficient (Wildman–Crippen LogP) is 3.77. The number of hydrogen-bond donors (Lipinski definition) is 1. The summed E-state index contributed by atoms with van der Waals surface area (Å²) in [6.45, 7) is 0.431. The molecule has 7 nitrogen and oxygen atoms in total. The molecule has 1 saturated carbocycles. The number of benzene rings is 1. The van der Waals surface area contributed by atoms with Gasteiger partial charge in [0, 0.05) is 49.2 Å². The molecular weight excluding hydrogens is 430 g/mol. The molecule has 0 saturated heterocycles. The van der Waals surface area contributed by atoms with Crippen molar-refractivity contribution in [3.8, 4) is 22.6 Å². The molecule has 0 spiro atoms. The number of allylic oxidation sites excluding steroid dienone is 1. The molecule has 4 rings (SSSR count). The Morgan fingerprint density at radius 1 is 1.21 bits per heavy atom. The van der Waals surface area contributed by atoms with Crippen LogP contribution in [0.5, 0.6) is 11.5 Å². The van der Waals surface area contributed by atoms with E-state index in [2.05, 4.69) is 9.98 Å². The quantitative estimate of drug-likeness (QED) is 0.549. The van der Waals surface area contributed by atoms with E-state index in [0.717, 1.165) is 18.9 Å². The fourth-order valence-corrected chi connectivity index (χ4v) is 3.80. The Balaban J connectivity index is 2.03. The molecule has 1 fully saturated rings. The van der Waals surface area contributed by atoms with E-state index >= 15 is 8.78 Å². The van der Waals surface area contributed by atoms with Gasteiger partial charge >= 0.3 is 0 Å². The van der Waals surface area contributed by atoms with Gasteiger partial charge in [-0.25, -0.2) is 8.78 Å². The molecule has 2 heterocycles. The van der Waals surface area contributed by atoms with Crippen LogP contribution in [0.3, 0.4) is 0 Å². The number of fused-ring (bicyclic) bond motifs is 1. The number of nitrogens with zero attached hydrogens (tertiary/aromatic N) is 3. The van der Waals surface area contributed by atoms with Crippen molar-refractivity contribution < 1.29 is 18.3 Å².